The summed E-state index contributed by atoms with van der Waals surface area (Å²) in [4.78, 5) is 30.7. The Morgan fingerprint density at radius 3 is 2.67 bits per heavy atom. The molecule has 1 aromatic rings. The van der Waals surface area contributed by atoms with Crippen LogP contribution >= 0.6 is 0 Å². The zero-order valence-electron chi connectivity index (χ0n) is 18.4. The lowest BCUT2D eigenvalue weighted by Crippen LogP contribution is -2.61. The van der Waals surface area contributed by atoms with Crippen molar-refractivity contribution in [1.82, 2.24) is 14.7 Å². The highest BCUT2D eigenvalue weighted by atomic mass is 32.8. The van der Waals surface area contributed by atoms with Gasteiger partial charge >= 0.3 is 0 Å². The van der Waals surface area contributed by atoms with Crippen LogP contribution in [0.25, 0.3) is 0 Å². The second-order valence-electron chi connectivity index (χ2n) is 9.42. The molecule has 5 atom stereocenters. The van der Waals surface area contributed by atoms with Gasteiger partial charge in [0, 0.05) is 33.1 Å². The molecule has 6 rings (SSSR count). The summed E-state index contributed by atoms with van der Waals surface area (Å²) in [6.45, 7) is 4.90. The molecule has 2 bridgehead atoms. The van der Waals surface area contributed by atoms with Gasteiger partial charge in [-0.15, -0.1) is 0 Å². The van der Waals surface area contributed by atoms with Crippen LogP contribution in [0, 0.1) is 16.7 Å². The van der Waals surface area contributed by atoms with Gasteiger partial charge in [0.05, 0.1) is 30.7 Å². The highest BCUT2D eigenvalue weighted by Gasteiger charge is 2.81. The van der Waals surface area contributed by atoms with E-state index in [1.807, 2.05) is 18.2 Å². The minimum Gasteiger partial charge on any atom is -0.454 e. The van der Waals surface area contributed by atoms with Gasteiger partial charge in [0.15, 0.2) is 21.2 Å². The van der Waals surface area contributed by atoms with Gasteiger partial charge in [-0.1, -0.05) is 15.5 Å². The number of hydrogen-bond acceptors (Lipinski definition) is 8. The molecule has 5 aliphatic rings. The fraction of sp³-hybridized carbons (Fsp3) is 0.591. The van der Waals surface area contributed by atoms with Crippen LogP contribution in [0.3, 0.4) is 0 Å². The van der Waals surface area contributed by atoms with Gasteiger partial charge in [-0.3, -0.25) is 14.5 Å². The van der Waals surface area contributed by atoms with E-state index in [1.54, 1.807) is 18.9 Å². The van der Waals surface area contributed by atoms with Crippen LogP contribution in [0.5, 0.6) is 11.5 Å². The molecule has 33 heavy (non-hydrogen) atoms. The number of nitrogens with zero attached hydrogens (tertiary/aromatic N) is 4. The van der Waals surface area contributed by atoms with Gasteiger partial charge < -0.3 is 24.0 Å². The number of amides is 2. The number of benzene rings is 1. The molecule has 0 aromatic heterocycles. The standard InChI is InChI=1S/C22H24N4O5S2/c1-20-18(27)26-17(14-3-4-15-16(9-14)31-13-30-15)21(11-23,12-25-5-7-29-8-6-25)10-22(26,33(20)32)19(28)24(20)2/h3-4,9,17H,5-8,10,12-13H2,1-2H3/t17-,20?,21+,22-,33-/m0/s1. The minimum atomic E-state index is -1.18. The molecule has 5 heterocycles. The van der Waals surface area contributed by atoms with Crippen LogP contribution in [0.15, 0.2) is 18.2 Å². The number of nitriles is 1. The van der Waals surface area contributed by atoms with E-state index in [9.17, 15) is 14.9 Å². The fourth-order valence-electron chi connectivity index (χ4n) is 6.10. The Hall–Kier alpha value is -2.26. The molecule has 1 aromatic carbocycles. The van der Waals surface area contributed by atoms with Crippen molar-refractivity contribution in [1.29, 1.82) is 5.26 Å². The summed E-state index contributed by atoms with van der Waals surface area (Å²) in [5, 5.41) is 10.7. The minimum absolute atomic E-state index is 0.129. The summed E-state index contributed by atoms with van der Waals surface area (Å²) in [6, 6.07) is 7.48. The number of likely N-dealkylation sites (N-methyl/N-ethyl adjacent to an activating group) is 1. The monoisotopic (exact) mass is 488 g/mol. The molecule has 4 saturated heterocycles. The lowest BCUT2D eigenvalue weighted by Gasteiger charge is -2.41. The lowest BCUT2D eigenvalue weighted by molar-refractivity contribution is -0.159. The first-order valence-corrected chi connectivity index (χ1v) is 13.1. The highest BCUT2D eigenvalue weighted by molar-refractivity contribution is 8.31. The second kappa shape index (κ2) is 6.88. The third-order valence-electron chi connectivity index (χ3n) is 7.83. The van der Waals surface area contributed by atoms with E-state index >= 15 is 0 Å². The fourth-order valence-corrected chi connectivity index (χ4v) is 9.58. The average Bonchev–Trinajstić information content (AvgIpc) is 3.49. The molecule has 4 fully saturated rings. The quantitative estimate of drug-likeness (QED) is 0.608. The summed E-state index contributed by atoms with van der Waals surface area (Å²) in [7, 11) is 0.659. The predicted molar refractivity (Wildman–Crippen MR) is 121 cm³/mol. The maximum absolute atomic E-state index is 13.9. The number of carbonyl (C=O) groups is 2. The highest BCUT2D eigenvalue weighted by Crippen LogP contribution is 2.65. The molecule has 0 saturated carbocycles. The number of hydrogen-bond donors (Lipinski definition) is 0. The first-order chi connectivity index (χ1) is 15.8. The van der Waals surface area contributed by atoms with Gasteiger partial charge in [0.1, 0.15) is 0 Å². The van der Waals surface area contributed by atoms with Crippen LogP contribution in [0.4, 0.5) is 0 Å². The SMILES string of the molecule is CN1C(=O)[C@@]23C[C@@](C#N)(CN4CCOCC4)[C@H](c4ccc5c(c4)OCO5)N2C(=O)C1(C)[S@@]3=S. The van der Waals surface area contributed by atoms with E-state index in [2.05, 4.69) is 11.0 Å². The lowest BCUT2D eigenvalue weighted by atomic mass is 9.76. The Kier molecular flexibility index (Phi) is 4.44. The van der Waals surface area contributed by atoms with Crippen molar-refractivity contribution in [3.8, 4) is 17.6 Å². The third kappa shape index (κ3) is 2.45. The molecule has 2 amide bonds. The maximum atomic E-state index is 13.9. The Morgan fingerprint density at radius 2 is 1.94 bits per heavy atom. The summed E-state index contributed by atoms with van der Waals surface area (Å²) in [6.07, 6.45) is 0.226. The molecule has 5 aliphatic heterocycles. The number of morpholine rings is 1. The molecular formula is C22H24N4O5S2. The topological polar surface area (TPSA) is 95.3 Å². The van der Waals surface area contributed by atoms with Crippen LogP contribution < -0.4 is 9.47 Å². The van der Waals surface area contributed by atoms with Gasteiger partial charge in [0.25, 0.3) is 11.8 Å². The Bertz CT molecular complexity index is 1150. The van der Waals surface area contributed by atoms with Crippen LogP contribution in [-0.2, 0) is 35.0 Å². The van der Waals surface area contributed by atoms with Crippen LogP contribution in [0.2, 0.25) is 0 Å². The van der Waals surface area contributed by atoms with Crippen molar-refractivity contribution in [2.75, 3.05) is 46.7 Å². The summed E-state index contributed by atoms with van der Waals surface area (Å²) >= 11 is 5.94. The average molecular weight is 489 g/mol. The summed E-state index contributed by atoms with van der Waals surface area (Å²) in [5.74, 6) is 0.871. The molecule has 0 N–H and O–H groups in total. The molecule has 0 radical (unpaired) electrons. The van der Waals surface area contributed by atoms with Crippen molar-refractivity contribution in [3.63, 3.8) is 0 Å². The van der Waals surface area contributed by atoms with Gasteiger partial charge in [-0.25, -0.2) is 0 Å². The largest absolute Gasteiger partial charge is 0.454 e. The van der Waals surface area contributed by atoms with E-state index in [4.69, 9.17) is 25.4 Å². The number of rotatable bonds is 3. The van der Waals surface area contributed by atoms with Crippen molar-refractivity contribution in [2.45, 2.75) is 29.1 Å². The van der Waals surface area contributed by atoms with Crippen LogP contribution in [0.1, 0.15) is 24.9 Å². The van der Waals surface area contributed by atoms with Gasteiger partial charge in [-0.05, 0) is 35.8 Å². The predicted octanol–water partition coefficient (Wildman–Crippen LogP) is 0.509. The second-order valence-corrected chi connectivity index (χ2v) is 12.4. The first-order valence-electron chi connectivity index (χ1n) is 10.9. The van der Waals surface area contributed by atoms with E-state index < -0.39 is 30.7 Å². The smallest absolute Gasteiger partial charge is 0.261 e. The summed E-state index contributed by atoms with van der Waals surface area (Å²) in [5.41, 5.74) is -0.245. The normalized spacial score (nSPS) is 39.3. The molecule has 1 unspecified atom stereocenters. The number of ether oxygens (including phenoxy) is 3. The van der Waals surface area contributed by atoms with E-state index in [-0.39, 0.29) is 25.0 Å². The molecule has 174 valence electrons. The maximum Gasteiger partial charge on any atom is 0.261 e. The Morgan fingerprint density at radius 1 is 1.21 bits per heavy atom. The van der Waals surface area contributed by atoms with Crippen LogP contribution in [-0.4, -0.2) is 82.9 Å². The molecule has 0 aliphatic carbocycles. The third-order valence-corrected chi connectivity index (χ3v) is 11.9. The summed E-state index contributed by atoms with van der Waals surface area (Å²) < 4.78 is 16.6. The van der Waals surface area contributed by atoms with Crippen molar-refractivity contribution >= 4 is 32.5 Å². The van der Waals surface area contributed by atoms with E-state index in [0.717, 1.165) is 5.56 Å². The molecule has 9 nitrogen and oxygen atoms in total. The number of piperazine rings is 1. The van der Waals surface area contributed by atoms with Crippen molar-refractivity contribution < 1.29 is 23.8 Å². The first kappa shape index (κ1) is 21.3. The zero-order chi connectivity index (χ0) is 23.2. The molecule has 1 spiro atoms. The van der Waals surface area contributed by atoms with E-state index in [0.29, 0.717) is 44.3 Å². The van der Waals surface area contributed by atoms with E-state index in [1.165, 1.54) is 4.90 Å². The van der Waals surface area contributed by atoms with Gasteiger partial charge in [0.2, 0.25) is 6.79 Å². The van der Waals surface area contributed by atoms with Gasteiger partial charge in [-0.2, -0.15) is 5.26 Å². The Balaban J connectivity index is 1.53. The van der Waals surface area contributed by atoms with Crippen molar-refractivity contribution in [3.05, 3.63) is 23.8 Å². The zero-order valence-corrected chi connectivity index (χ0v) is 20.0. The van der Waals surface area contributed by atoms with Crippen molar-refractivity contribution in [2.24, 2.45) is 5.41 Å². The number of carbonyl (C=O) groups excluding carboxylic acids is 2. The molecular weight excluding hydrogens is 464 g/mol. The number of fused-ring (bicyclic) bond motifs is 2. The molecule has 11 heteroatoms. The Labute approximate surface area is 198 Å².